The van der Waals surface area contributed by atoms with Gasteiger partial charge < -0.3 is 14.8 Å². The van der Waals surface area contributed by atoms with E-state index in [1.54, 1.807) is 25.3 Å². The molecule has 1 N–H and O–H groups in total. The van der Waals surface area contributed by atoms with Crippen LogP contribution in [0.4, 0.5) is 5.69 Å². The Morgan fingerprint density at radius 3 is 2.74 bits per heavy atom. The van der Waals surface area contributed by atoms with Gasteiger partial charge in [0.25, 0.3) is 0 Å². The van der Waals surface area contributed by atoms with Crippen LogP contribution in [0, 0.1) is 0 Å². The first kappa shape index (κ1) is 15.7. The van der Waals surface area contributed by atoms with Crippen LogP contribution in [0.1, 0.15) is 5.56 Å². The molecule has 23 heavy (non-hydrogen) atoms. The zero-order chi connectivity index (χ0) is 16.4. The average Bonchev–Trinajstić information content (AvgIpc) is 2.54. The number of nitrogens with one attached hydrogen (secondary N) is 1. The molecule has 0 unspecified atom stereocenters. The molecule has 0 amide bonds. The highest BCUT2D eigenvalue weighted by molar-refractivity contribution is 7.90. The summed E-state index contributed by atoms with van der Waals surface area (Å²) in [6, 6.07) is 12.7. The molecule has 0 aromatic heterocycles. The molecule has 1 atom stereocenters. The second kappa shape index (κ2) is 6.12. The van der Waals surface area contributed by atoms with Gasteiger partial charge in [-0.2, -0.15) is 0 Å². The lowest BCUT2D eigenvalue weighted by atomic mass is 10.0. The Morgan fingerprint density at radius 2 is 2.00 bits per heavy atom. The maximum absolute atomic E-state index is 11.9. The fourth-order valence-electron chi connectivity index (χ4n) is 2.70. The summed E-state index contributed by atoms with van der Waals surface area (Å²) in [6.07, 6.45) is 1.98. The molecule has 1 heterocycles. The van der Waals surface area contributed by atoms with Gasteiger partial charge in [0.05, 0.1) is 23.7 Å². The minimum atomic E-state index is -3.27. The lowest BCUT2D eigenvalue weighted by molar-refractivity contribution is 0.270. The van der Waals surface area contributed by atoms with Gasteiger partial charge in [0, 0.05) is 12.3 Å². The molecule has 1 aliphatic rings. The highest BCUT2D eigenvalue weighted by atomic mass is 32.2. The molecule has 0 saturated heterocycles. The standard InChI is InChI=1S/C17H19NO4S/c1-21-14-8-7-12-9-13(11-22-16(12)10-14)18-15-5-3-4-6-17(15)23(2,19)20/h3-8,10,13,18H,9,11H2,1-2H3/t13-/m0/s1. The Hall–Kier alpha value is -2.21. The van der Waals surface area contributed by atoms with E-state index in [0.29, 0.717) is 17.2 Å². The molecule has 1 aliphatic heterocycles. The summed E-state index contributed by atoms with van der Waals surface area (Å²) < 4.78 is 34.7. The van der Waals surface area contributed by atoms with Crippen molar-refractivity contribution in [1.29, 1.82) is 0 Å². The Balaban J connectivity index is 1.81. The maximum atomic E-state index is 11.9. The fourth-order valence-corrected chi connectivity index (χ4v) is 3.55. The summed E-state index contributed by atoms with van der Waals surface area (Å²) >= 11 is 0. The molecule has 5 nitrogen and oxygen atoms in total. The van der Waals surface area contributed by atoms with Crippen molar-refractivity contribution in [3.63, 3.8) is 0 Å². The third-order valence-electron chi connectivity index (χ3n) is 3.83. The molecular formula is C17H19NO4S. The molecule has 0 saturated carbocycles. The fraction of sp³-hybridized carbons (Fsp3) is 0.294. The topological polar surface area (TPSA) is 64.6 Å². The molecule has 2 aromatic carbocycles. The van der Waals surface area contributed by atoms with E-state index >= 15 is 0 Å². The average molecular weight is 333 g/mol. The molecule has 122 valence electrons. The molecule has 0 spiro atoms. The van der Waals surface area contributed by atoms with Crippen molar-refractivity contribution in [1.82, 2.24) is 0 Å². The van der Waals surface area contributed by atoms with E-state index in [2.05, 4.69) is 5.32 Å². The minimum Gasteiger partial charge on any atom is -0.497 e. The number of fused-ring (bicyclic) bond motifs is 1. The lowest BCUT2D eigenvalue weighted by Crippen LogP contribution is -2.33. The normalized spacial score (nSPS) is 17.0. The summed E-state index contributed by atoms with van der Waals surface area (Å²) in [5.41, 5.74) is 1.69. The number of anilines is 1. The number of methoxy groups -OCH3 is 1. The molecule has 0 aliphatic carbocycles. The highest BCUT2D eigenvalue weighted by Crippen LogP contribution is 2.30. The molecule has 0 fully saturated rings. The summed E-state index contributed by atoms with van der Waals surface area (Å²) in [6.45, 7) is 0.470. The molecular weight excluding hydrogens is 314 g/mol. The third-order valence-corrected chi connectivity index (χ3v) is 4.98. The van der Waals surface area contributed by atoms with E-state index < -0.39 is 9.84 Å². The number of benzene rings is 2. The van der Waals surface area contributed by atoms with Crippen LogP contribution < -0.4 is 14.8 Å². The van der Waals surface area contributed by atoms with Gasteiger partial charge in [0.2, 0.25) is 0 Å². The van der Waals surface area contributed by atoms with E-state index in [1.807, 2.05) is 24.3 Å². The summed E-state index contributed by atoms with van der Waals surface area (Å²) in [4.78, 5) is 0.306. The van der Waals surface area contributed by atoms with Crippen LogP contribution in [0.25, 0.3) is 0 Å². The number of hydrogen-bond acceptors (Lipinski definition) is 5. The van der Waals surface area contributed by atoms with E-state index in [1.165, 1.54) is 6.26 Å². The van der Waals surface area contributed by atoms with E-state index in [0.717, 1.165) is 23.5 Å². The quantitative estimate of drug-likeness (QED) is 0.931. The predicted molar refractivity (Wildman–Crippen MR) is 89.2 cm³/mol. The van der Waals surface area contributed by atoms with Gasteiger partial charge in [0.15, 0.2) is 9.84 Å². The van der Waals surface area contributed by atoms with E-state index in [9.17, 15) is 8.42 Å². The first-order valence-electron chi connectivity index (χ1n) is 7.32. The van der Waals surface area contributed by atoms with Crippen molar-refractivity contribution in [3.05, 3.63) is 48.0 Å². The Labute approximate surface area is 136 Å². The highest BCUT2D eigenvalue weighted by Gasteiger charge is 2.22. The number of para-hydroxylation sites is 1. The molecule has 2 aromatic rings. The molecule has 0 radical (unpaired) electrons. The van der Waals surface area contributed by atoms with Gasteiger partial charge in [-0.25, -0.2) is 8.42 Å². The van der Waals surface area contributed by atoms with Gasteiger partial charge in [-0.3, -0.25) is 0 Å². The van der Waals surface area contributed by atoms with Crippen molar-refractivity contribution in [2.75, 3.05) is 25.3 Å². The number of hydrogen-bond donors (Lipinski definition) is 1. The second-order valence-electron chi connectivity index (χ2n) is 5.60. The third kappa shape index (κ3) is 3.42. The largest absolute Gasteiger partial charge is 0.497 e. The van der Waals surface area contributed by atoms with Crippen molar-refractivity contribution in [2.24, 2.45) is 0 Å². The first-order valence-corrected chi connectivity index (χ1v) is 9.22. The van der Waals surface area contributed by atoms with Gasteiger partial charge in [0.1, 0.15) is 18.1 Å². The van der Waals surface area contributed by atoms with Crippen LogP contribution in [-0.2, 0) is 16.3 Å². The maximum Gasteiger partial charge on any atom is 0.177 e. The summed E-state index contributed by atoms with van der Waals surface area (Å²) in [5.74, 6) is 1.58. The van der Waals surface area contributed by atoms with Crippen LogP contribution >= 0.6 is 0 Å². The van der Waals surface area contributed by atoms with Gasteiger partial charge in [-0.05, 0) is 30.2 Å². The number of ether oxygens (including phenoxy) is 2. The number of sulfone groups is 1. The van der Waals surface area contributed by atoms with Gasteiger partial charge in [-0.1, -0.05) is 18.2 Å². The second-order valence-corrected chi connectivity index (χ2v) is 7.58. The van der Waals surface area contributed by atoms with Crippen molar-refractivity contribution >= 4 is 15.5 Å². The Kier molecular flexibility index (Phi) is 4.17. The zero-order valence-corrected chi connectivity index (χ0v) is 13.9. The first-order chi connectivity index (χ1) is 11.0. The molecule has 6 heteroatoms. The van der Waals surface area contributed by atoms with Crippen LogP contribution in [0.2, 0.25) is 0 Å². The monoisotopic (exact) mass is 333 g/mol. The van der Waals surface area contributed by atoms with Crippen molar-refractivity contribution < 1.29 is 17.9 Å². The van der Waals surface area contributed by atoms with Crippen molar-refractivity contribution in [3.8, 4) is 11.5 Å². The van der Waals surface area contributed by atoms with E-state index in [4.69, 9.17) is 9.47 Å². The summed E-state index contributed by atoms with van der Waals surface area (Å²) in [7, 11) is -1.65. The van der Waals surface area contributed by atoms with Crippen LogP contribution in [0.15, 0.2) is 47.4 Å². The van der Waals surface area contributed by atoms with Crippen LogP contribution in [-0.4, -0.2) is 34.4 Å². The molecule has 0 bridgehead atoms. The Morgan fingerprint density at radius 1 is 1.22 bits per heavy atom. The van der Waals surface area contributed by atoms with Crippen molar-refractivity contribution in [2.45, 2.75) is 17.4 Å². The predicted octanol–water partition coefficient (Wildman–Crippen LogP) is 2.51. The van der Waals surface area contributed by atoms with Gasteiger partial charge in [-0.15, -0.1) is 0 Å². The van der Waals surface area contributed by atoms with Crippen LogP contribution in [0.5, 0.6) is 11.5 Å². The minimum absolute atomic E-state index is 0.0128. The number of rotatable bonds is 4. The smallest absolute Gasteiger partial charge is 0.177 e. The SMILES string of the molecule is COc1ccc2c(c1)OC[C@@H](Nc1ccccc1S(C)(=O)=O)C2. The summed E-state index contributed by atoms with van der Waals surface area (Å²) in [5, 5.41) is 3.29. The van der Waals surface area contributed by atoms with Crippen LogP contribution in [0.3, 0.4) is 0 Å². The van der Waals surface area contributed by atoms with Gasteiger partial charge >= 0.3 is 0 Å². The Bertz CT molecular complexity index is 817. The van der Waals surface area contributed by atoms with E-state index in [-0.39, 0.29) is 6.04 Å². The lowest BCUT2D eigenvalue weighted by Gasteiger charge is -2.27. The zero-order valence-electron chi connectivity index (χ0n) is 13.1. The molecule has 3 rings (SSSR count).